The number of rotatable bonds is 4. The van der Waals surface area contributed by atoms with E-state index in [1.165, 1.54) is 10.7 Å². The molecule has 0 bridgehead atoms. The second-order valence-electron chi connectivity index (χ2n) is 7.06. The molecule has 3 aromatic rings. The van der Waals surface area contributed by atoms with Gasteiger partial charge in [0, 0.05) is 22.3 Å². The molecule has 2 heterocycles. The highest BCUT2D eigenvalue weighted by Gasteiger charge is 2.32. The molecule has 0 radical (unpaired) electrons. The van der Waals surface area contributed by atoms with Gasteiger partial charge in [-0.25, -0.2) is 4.68 Å². The maximum Gasteiger partial charge on any atom is 0.267 e. The molecular weight excluding hydrogens is 394 g/mol. The molecule has 1 aliphatic rings. The fourth-order valence-corrected chi connectivity index (χ4v) is 3.16. The van der Waals surface area contributed by atoms with Crippen molar-refractivity contribution >= 4 is 23.2 Å². The number of ether oxygens (including phenoxy) is 2. The number of amides is 1. The van der Waals surface area contributed by atoms with Crippen molar-refractivity contribution in [3.8, 4) is 22.8 Å². The normalized spacial score (nSPS) is 12.7. The predicted octanol–water partition coefficient (Wildman–Crippen LogP) is 3.67. The third-order valence-electron chi connectivity index (χ3n) is 4.64. The van der Waals surface area contributed by atoms with E-state index >= 15 is 0 Å². The van der Waals surface area contributed by atoms with Crippen LogP contribution in [-0.2, 0) is 10.3 Å². The maximum atomic E-state index is 12.9. The van der Waals surface area contributed by atoms with Gasteiger partial charge in [0.25, 0.3) is 11.5 Å². The Morgan fingerprint density at radius 1 is 1.10 bits per heavy atom. The summed E-state index contributed by atoms with van der Waals surface area (Å²) in [6, 6.07) is 15.2. The molecule has 29 heavy (non-hydrogen) atoms. The van der Waals surface area contributed by atoms with E-state index in [0.29, 0.717) is 27.9 Å². The van der Waals surface area contributed by atoms with Crippen molar-refractivity contribution in [2.75, 3.05) is 12.1 Å². The van der Waals surface area contributed by atoms with Crippen molar-refractivity contribution in [3.05, 3.63) is 70.0 Å². The molecule has 8 heteroatoms. The van der Waals surface area contributed by atoms with E-state index in [9.17, 15) is 9.59 Å². The summed E-state index contributed by atoms with van der Waals surface area (Å²) in [4.78, 5) is 25.4. The minimum absolute atomic E-state index is 0.169. The summed E-state index contributed by atoms with van der Waals surface area (Å²) in [6.45, 7) is 3.43. The Labute approximate surface area is 171 Å². The van der Waals surface area contributed by atoms with Gasteiger partial charge in [0.1, 0.15) is 5.54 Å². The molecule has 0 saturated heterocycles. The molecule has 148 valence electrons. The van der Waals surface area contributed by atoms with E-state index in [1.807, 2.05) is 6.07 Å². The number of carbonyl (C=O) groups is 1. The van der Waals surface area contributed by atoms with Crippen molar-refractivity contribution in [2.24, 2.45) is 0 Å². The van der Waals surface area contributed by atoms with Gasteiger partial charge in [0.05, 0.1) is 5.69 Å². The minimum Gasteiger partial charge on any atom is -0.454 e. The standard InChI is InChI=1S/C21H18ClN3O4/c1-21(2,20(27)23-15-5-3-4-14(22)11-15)25-19(26)9-7-16(24-25)13-6-8-17-18(10-13)29-12-28-17/h3-11H,12H2,1-2H3,(H,23,27). The van der Waals surface area contributed by atoms with Crippen molar-refractivity contribution in [1.82, 2.24) is 9.78 Å². The molecule has 7 nitrogen and oxygen atoms in total. The van der Waals surface area contributed by atoms with Gasteiger partial charge < -0.3 is 14.8 Å². The van der Waals surface area contributed by atoms with Crippen LogP contribution in [0, 0.1) is 0 Å². The van der Waals surface area contributed by atoms with Crippen LogP contribution in [-0.4, -0.2) is 22.5 Å². The average molecular weight is 412 g/mol. The molecule has 0 saturated carbocycles. The van der Waals surface area contributed by atoms with Gasteiger partial charge in [-0.05, 0) is 56.3 Å². The lowest BCUT2D eigenvalue weighted by Gasteiger charge is -2.25. The fourth-order valence-electron chi connectivity index (χ4n) is 2.97. The summed E-state index contributed by atoms with van der Waals surface area (Å²) >= 11 is 5.98. The number of nitrogens with one attached hydrogen (secondary N) is 1. The van der Waals surface area contributed by atoms with Gasteiger partial charge in [0.2, 0.25) is 6.79 Å². The summed E-state index contributed by atoms with van der Waals surface area (Å²) in [5.74, 6) is 0.875. The lowest BCUT2D eigenvalue weighted by atomic mass is 10.0. The van der Waals surface area contributed by atoms with Gasteiger partial charge >= 0.3 is 0 Å². The average Bonchev–Trinajstić information content (AvgIpc) is 3.16. The molecule has 0 atom stereocenters. The first-order valence-corrected chi connectivity index (χ1v) is 9.30. The molecule has 1 aromatic heterocycles. The van der Waals surface area contributed by atoms with Crippen LogP contribution in [0.4, 0.5) is 5.69 Å². The van der Waals surface area contributed by atoms with Gasteiger partial charge in [-0.15, -0.1) is 0 Å². The van der Waals surface area contributed by atoms with Crippen molar-refractivity contribution in [3.63, 3.8) is 0 Å². The lowest BCUT2D eigenvalue weighted by Crippen LogP contribution is -2.47. The number of halogens is 1. The molecule has 4 rings (SSSR count). The monoisotopic (exact) mass is 411 g/mol. The van der Waals surface area contributed by atoms with Gasteiger partial charge in [-0.3, -0.25) is 9.59 Å². The van der Waals surface area contributed by atoms with Crippen LogP contribution in [0.2, 0.25) is 5.02 Å². The van der Waals surface area contributed by atoms with E-state index in [2.05, 4.69) is 10.4 Å². The zero-order valence-corrected chi connectivity index (χ0v) is 16.6. The molecule has 1 aliphatic heterocycles. The number of anilines is 1. The number of benzene rings is 2. The Kier molecular flexibility index (Phi) is 4.76. The van der Waals surface area contributed by atoms with Crippen LogP contribution < -0.4 is 20.3 Å². The lowest BCUT2D eigenvalue weighted by molar-refractivity contribution is -0.123. The summed E-state index contributed by atoms with van der Waals surface area (Å²) in [7, 11) is 0. The van der Waals surface area contributed by atoms with Gasteiger partial charge in [-0.2, -0.15) is 5.10 Å². The summed E-state index contributed by atoms with van der Waals surface area (Å²) in [6.07, 6.45) is 0. The van der Waals surface area contributed by atoms with Crippen LogP contribution in [0.5, 0.6) is 11.5 Å². The zero-order chi connectivity index (χ0) is 20.6. The topological polar surface area (TPSA) is 82.5 Å². The molecule has 1 amide bonds. The number of carbonyl (C=O) groups excluding carboxylic acids is 1. The highest BCUT2D eigenvalue weighted by molar-refractivity contribution is 6.30. The van der Waals surface area contributed by atoms with Crippen LogP contribution in [0.3, 0.4) is 0 Å². The van der Waals surface area contributed by atoms with Crippen LogP contribution in [0.1, 0.15) is 13.8 Å². The third kappa shape index (κ3) is 3.69. The van der Waals surface area contributed by atoms with Gasteiger partial charge in [-0.1, -0.05) is 17.7 Å². The Bertz CT molecular complexity index is 1160. The summed E-state index contributed by atoms with van der Waals surface area (Å²) < 4.78 is 11.9. The molecular formula is C21H18ClN3O4. The quantitative estimate of drug-likeness (QED) is 0.708. The highest BCUT2D eigenvalue weighted by Crippen LogP contribution is 2.35. The van der Waals surface area contributed by atoms with Crippen LogP contribution >= 0.6 is 11.6 Å². The molecule has 0 spiro atoms. The third-order valence-corrected chi connectivity index (χ3v) is 4.87. The summed E-state index contributed by atoms with van der Waals surface area (Å²) in [5, 5.41) is 7.72. The van der Waals surface area contributed by atoms with E-state index < -0.39 is 11.4 Å². The number of aromatic nitrogens is 2. The van der Waals surface area contributed by atoms with Crippen LogP contribution in [0.25, 0.3) is 11.3 Å². The van der Waals surface area contributed by atoms with Gasteiger partial charge in [0.15, 0.2) is 11.5 Å². The van der Waals surface area contributed by atoms with Crippen molar-refractivity contribution in [1.29, 1.82) is 0 Å². The first kappa shape index (κ1) is 19.0. The number of fused-ring (bicyclic) bond motifs is 1. The Morgan fingerprint density at radius 2 is 1.90 bits per heavy atom. The molecule has 2 aromatic carbocycles. The van der Waals surface area contributed by atoms with E-state index in [-0.39, 0.29) is 12.4 Å². The largest absolute Gasteiger partial charge is 0.454 e. The van der Waals surface area contributed by atoms with Crippen molar-refractivity contribution in [2.45, 2.75) is 19.4 Å². The maximum absolute atomic E-state index is 12.9. The number of hydrogen-bond acceptors (Lipinski definition) is 5. The Morgan fingerprint density at radius 3 is 2.69 bits per heavy atom. The first-order valence-electron chi connectivity index (χ1n) is 8.92. The number of nitrogens with zero attached hydrogens (tertiary/aromatic N) is 2. The Balaban J connectivity index is 1.67. The van der Waals surface area contributed by atoms with Crippen LogP contribution in [0.15, 0.2) is 59.4 Å². The smallest absolute Gasteiger partial charge is 0.267 e. The highest BCUT2D eigenvalue weighted by atomic mass is 35.5. The number of hydrogen-bond donors (Lipinski definition) is 1. The fraction of sp³-hybridized carbons (Fsp3) is 0.190. The molecule has 0 aliphatic carbocycles. The predicted molar refractivity (Wildman–Crippen MR) is 109 cm³/mol. The van der Waals surface area contributed by atoms with E-state index in [4.69, 9.17) is 21.1 Å². The Hall–Kier alpha value is -3.32. The second-order valence-corrected chi connectivity index (χ2v) is 7.50. The van der Waals surface area contributed by atoms with E-state index in [0.717, 1.165) is 5.56 Å². The summed E-state index contributed by atoms with van der Waals surface area (Å²) in [5.41, 5.74) is 0.183. The SMILES string of the molecule is CC(C)(C(=O)Nc1cccc(Cl)c1)n1nc(-c2ccc3c(c2)OCO3)ccc1=O. The molecule has 0 fully saturated rings. The minimum atomic E-state index is -1.24. The van der Waals surface area contributed by atoms with Crippen molar-refractivity contribution < 1.29 is 14.3 Å². The second kappa shape index (κ2) is 7.25. The molecule has 0 unspecified atom stereocenters. The first-order chi connectivity index (χ1) is 13.8. The van der Waals surface area contributed by atoms with E-state index in [1.54, 1.807) is 56.3 Å². The molecule has 1 N–H and O–H groups in total. The zero-order valence-electron chi connectivity index (χ0n) is 15.8.